The van der Waals surface area contributed by atoms with E-state index in [9.17, 15) is 51.9 Å². The van der Waals surface area contributed by atoms with Crippen molar-refractivity contribution in [3.05, 3.63) is 78.9 Å². The Bertz CT molecular complexity index is 3110. The number of azo groups is 2. The van der Waals surface area contributed by atoms with Crippen molar-refractivity contribution in [2.75, 3.05) is 41.5 Å². The number of ether oxygens (including phenoxy) is 2. The molecule has 1 unspecified atom stereocenters. The lowest BCUT2D eigenvalue weighted by Crippen LogP contribution is -2.15. The highest BCUT2D eigenvalue weighted by Crippen LogP contribution is 2.37. The lowest BCUT2D eigenvalue weighted by atomic mass is 10.2. The van der Waals surface area contributed by atoms with Gasteiger partial charge in [-0.15, -0.1) is 9.45 Å². The van der Waals surface area contributed by atoms with Crippen molar-refractivity contribution in [2.24, 2.45) is 20.5 Å². The highest BCUT2D eigenvalue weighted by molar-refractivity contribution is 7.94. The molecule has 7 N–H and O–H groups in total. The van der Waals surface area contributed by atoms with Crippen LogP contribution < -0.4 is 25.0 Å². The fraction of sp³-hybridized carbons (Fsp3) is 0.182. The summed E-state index contributed by atoms with van der Waals surface area (Å²) >= 11 is 0.468. The van der Waals surface area contributed by atoms with Gasteiger partial charge in [-0.25, -0.2) is 5.26 Å². The standard InChI is InChI=1S/C33H32N10O17S5/c1-57-27-15-20(40-39-19-4-2-5-23(14-19)63(48,49)50)6-9-24(27)34-31-36-32(38-33(37-31)43-18-30(43)65(54,55)56)35-25-10-7-21(16-28(25)58-12-3-13-62(45,46)47)41-42-26-17-22(61-60-59-44)8-11-29(26)64(51,52)53/h2,4-11,14-17,30,44H,3,12-13,18H2,1H3,(H,45,46,47)(H,48,49,50)(H,51,52,53)(H,54,55,56)(H2,34,35,36,37,38). The van der Waals surface area contributed by atoms with Crippen molar-refractivity contribution in [2.45, 2.75) is 26.5 Å². The molecule has 1 atom stereocenters. The Morgan fingerprint density at radius 1 is 0.738 bits per heavy atom. The quantitative estimate of drug-likeness (QED) is 0.00867. The summed E-state index contributed by atoms with van der Waals surface area (Å²) in [6.45, 7) is -0.484. The summed E-state index contributed by atoms with van der Waals surface area (Å²) in [6.07, 6.45) is -0.189. The summed E-state index contributed by atoms with van der Waals surface area (Å²) in [4.78, 5) is 13.2. The summed E-state index contributed by atoms with van der Waals surface area (Å²) in [6, 6.07) is 16.9. The Labute approximate surface area is 372 Å². The van der Waals surface area contributed by atoms with Crippen LogP contribution in [0.1, 0.15) is 6.42 Å². The average Bonchev–Trinajstić information content (AvgIpc) is 4.06. The van der Waals surface area contributed by atoms with Crippen LogP contribution in [0.4, 0.5) is 52.0 Å². The molecule has 0 amide bonds. The predicted molar refractivity (Wildman–Crippen MR) is 227 cm³/mol. The first-order valence-corrected chi connectivity index (χ1v) is 24.4. The van der Waals surface area contributed by atoms with Crippen LogP contribution in [0.25, 0.3) is 0 Å². The van der Waals surface area contributed by atoms with E-state index in [4.69, 9.17) is 14.7 Å². The van der Waals surface area contributed by atoms with Gasteiger partial charge in [0.15, 0.2) is 5.37 Å². The Balaban J connectivity index is 1.33. The number of hydrogen-bond donors (Lipinski definition) is 7. The SMILES string of the molecule is COc1cc(N=Nc2cccc(S(=O)(=O)O)c2)ccc1Nc1nc(Nc2ccc(N=Nc3cc(SOOO)ccc3S(=O)(=O)O)cc2OCCCS(=O)(=O)O)nc(N2CC2S(=O)(=O)O)n1. The number of rotatable bonds is 21. The highest BCUT2D eigenvalue weighted by atomic mass is 32.2. The molecule has 0 aliphatic carbocycles. The van der Waals surface area contributed by atoms with E-state index in [2.05, 4.69) is 55.4 Å². The van der Waals surface area contributed by atoms with Gasteiger partial charge in [0, 0.05) is 17.0 Å². The second kappa shape index (κ2) is 20.0. The highest BCUT2D eigenvalue weighted by Gasteiger charge is 2.46. The van der Waals surface area contributed by atoms with Gasteiger partial charge in [-0.05, 0) is 67.1 Å². The van der Waals surface area contributed by atoms with Crippen LogP contribution in [-0.2, 0) is 49.8 Å². The topological polar surface area (TPSA) is 390 Å². The zero-order valence-corrected chi connectivity index (χ0v) is 36.7. The Morgan fingerprint density at radius 2 is 1.35 bits per heavy atom. The molecule has 0 spiro atoms. The van der Waals surface area contributed by atoms with E-state index in [0.717, 1.165) is 23.1 Å². The molecular weight excluding hydrogens is 969 g/mol. The zero-order chi connectivity index (χ0) is 47.2. The van der Waals surface area contributed by atoms with Crippen LogP contribution in [-0.4, -0.2) is 103 Å². The lowest BCUT2D eigenvalue weighted by Gasteiger charge is -2.15. The molecule has 1 aliphatic rings. The third kappa shape index (κ3) is 13.7. The van der Waals surface area contributed by atoms with E-state index in [1.54, 1.807) is 0 Å². The van der Waals surface area contributed by atoms with E-state index < -0.39 is 56.5 Å². The van der Waals surface area contributed by atoms with E-state index in [1.165, 1.54) is 67.8 Å². The van der Waals surface area contributed by atoms with E-state index in [1.807, 2.05) is 0 Å². The lowest BCUT2D eigenvalue weighted by molar-refractivity contribution is -0.432. The second-order valence-electron chi connectivity index (χ2n) is 12.9. The minimum absolute atomic E-state index is 0.00934. The normalized spacial score (nSPS) is 14.5. The number of nitrogens with zero attached hydrogens (tertiary/aromatic N) is 8. The predicted octanol–water partition coefficient (Wildman–Crippen LogP) is 5.81. The van der Waals surface area contributed by atoms with E-state index in [0.29, 0.717) is 12.0 Å². The first kappa shape index (κ1) is 48.4. The fourth-order valence-electron chi connectivity index (χ4n) is 5.33. The molecule has 65 heavy (non-hydrogen) atoms. The third-order valence-corrected chi connectivity index (χ3v) is 12.5. The summed E-state index contributed by atoms with van der Waals surface area (Å²) in [5.74, 6) is -1.22. The zero-order valence-electron chi connectivity index (χ0n) is 32.7. The van der Waals surface area contributed by atoms with Crippen molar-refractivity contribution in [3.63, 3.8) is 0 Å². The molecule has 4 aromatic carbocycles. The van der Waals surface area contributed by atoms with Gasteiger partial charge < -0.3 is 25.0 Å². The van der Waals surface area contributed by atoms with Crippen molar-refractivity contribution < 1.29 is 76.0 Å². The molecule has 0 bridgehead atoms. The van der Waals surface area contributed by atoms with Gasteiger partial charge in [0.1, 0.15) is 22.1 Å². The number of nitrogens with one attached hydrogen (secondary N) is 2. The number of methoxy groups -OCH3 is 1. The van der Waals surface area contributed by atoms with Gasteiger partial charge in [-0.3, -0.25) is 18.2 Å². The van der Waals surface area contributed by atoms with Crippen molar-refractivity contribution in [1.82, 2.24) is 15.0 Å². The van der Waals surface area contributed by atoms with E-state index in [-0.39, 0.29) is 92.8 Å². The molecule has 1 fully saturated rings. The second-order valence-corrected chi connectivity index (χ2v) is 19.6. The molecule has 1 aromatic heterocycles. The molecule has 1 saturated heterocycles. The van der Waals surface area contributed by atoms with Crippen molar-refractivity contribution in [3.8, 4) is 11.5 Å². The number of anilines is 5. The van der Waals surface area contributed by atoms with Gasteiger partial charge in [0.2, 0.25) is 17.8 Å². The summed E-state index contributed by atoms with van der Waals surface area (Å²) < 4.78 is 148. The van der Waals surface area contributed by atoms with Crippen LogP contribution >= 0.6 is 12.0 Å². The van der Waals surface area contributed by atoms with E-state index >= 15 is 0 Å². The molecule has 32 heteroatoms. The van der Waals surface area contributed by atoms with Crippen molar-refractivity contribution >= 4 is 104 Å². The first-order chi connectivity index (χ1) is 30.6. The van der Waals surface area contributed by atoms with Gasteiger partial charge >= 0.3 is 0 Å². The number of hydrogen-bond acceptors (Lipinski definition) is 24. The molecule has 1 aliphatic heterocycles. The average molecular weight is 1000 g/mol. The molecule has 0 saturated carbocycles. The van der Waals surface area contributed by atoms with Crippen LogP contribution in [0.5, 0.6) is 11.5 Å². The molecule has 0 radical (unpaired) electrons. The molecule has 27 nitrogen and oxygen atoms in total. The monoisotopic (exact) mass is 1000 g/mol. The molecule has 6 rings (SSSR count). The minimum Gasteiger partial charge on any atom is -0.494 e. The summed E-state index contributed by atoms with van der Waals surface area (Å²) in [7, 11) is -16.9. The third-order valence-electron chi connectivity index (χ3n) is 8.28. The fourth-order valence-corrected chi connectivity index (χ4v) is 8.09. The maximum absolute atomic E-state index is 12.1. The molecular formula is C33H32N10O17S5. The van der Waals surface area contributed by atoms with Gasteiger partial charge in [0.25, 0.3) is 40.5 Å². The Hall–Kier alpha value is -6.04. The van der Waals surface area contributed by atoms with Gasteiger partial charge in [-0.1, -0.05) is 11.1 Å². The van der Waals surface area contributed by atoms with Crippen LogP contribution in [0.15, 0.2) is 114 Å². The molecule has 5 aromatic rings. The number of aromatic nitrogens is 3. The van der Waals surface area contributed by atoms with Gasteiger partial charge in [-0.2, -0.15) is 64.0 Å². The van der Waals surface area contributed by atoms with Crippen LogP contribution in [0.2, 0.25) is 0 Å². The molecule has 346 valence electrons. The largest absolute Gasteiger partial charge is 0.494 e. The smallest absolute Gasteiger partial charge is 0.296 e. The Kier molecular flexibility index (Phi) is 14.9. The molecule has 2 heterocycles. The van der Waals surface area contributed by atoms with Crippen LogP contribution in [0.3, 0.4) is 0 Å². The van der Waals surface area contributed by atoms with Crippen LogP contribution in [0, 0.1) is 0 Å². The minimum atomic E-state index is -4.82. The maximum atomic E-state index is 12.1. The summed E-state index contributed by atoms with van der Waals surface area (Å²) in [5.41, 5.74) is 0.324. The first-order valence-electron chi connectivity index (χ1n) is 17.7. The Morgan fingerprint density at radius 3 is 1.92 bits per heavy atom. The van der Waals surface area contributed by atoms with Gasteiger partial charge in [0.05, 0.1) is 71.4 Å². The number of benzene rings is 4. The summed E-state index contributed by atoms with van der Waals surface area (Å²) in [5, 5.41) is 32.5. The van der Waals surface area contributed by atoms with Crippen molar-refractivity contribution in [1.29, 1.82) is 0 Å². The maximum Gasteiger partial charge on any atom is 0.296 e.